The topological polar surface area (TPSA) is 49.3 Å². The number of aliphatic hydroxyl groups is 1. The van der Waals surface area contributed by atoms with E-state index in [1.807, 2.05) is 38.1 Å². The Balaban J connectivity index is 2.61. The van der Waals surface area contributed by atoms with Crippen molar-refractivity contribution in [3.63, 3.8) is 0 Å². The highest BCUT2D eigenvalue weighted by Crippen LogP contribution is 2.19. The van der Waals surface area contributed by atoms with Gasteiger partial charge in [0.25, 0.3) is 0 Å². The molecule has 0 aromatic heterocycles. The van der Waals surface area contributed by atoms with E-state index in [1.54, 1.807) is 13.8 Å². The van der Waals surface area contributed by atoms with Crippen molar-refractivity contribution in [3.05, 3.63) is 35.4 Å². The van der Waals surface area contributed by atoms with Crippen LogP contribution in [0.5, 0.6) is 0 Å². The van der Waals surface area contributed by atoms with Gasteiger partial charge in [0.05, 0.1) is 5.60 Å². The van der Waals surface area contributed by atoms with Gasteiger partial charge >= 0.3 is 0 Å². The minimum Gasteiger partial charge on any atom is -0.386 e. The molecule has 0 saturated heterocycles. The molecular formula is C14H21NO2. The molecule has 0 fully saturated rings. The normalized spacial score (nSPS) is 11.6. The van der Waals surface area contributed by atoms with Crippen LogP contribution in [0.25, 0.3) is 0 Å². The lowest BCUT2D eigenvalue weighted by Gasteiger charge is -2.18. The zero-order valence-electron chi connectivity index (χ0n) is 10.9. The first-order chi connectivity index (χ1) is 7.80. The molecule has 3 nitrogen and oxygen atoms in total. The van der Waals surface area contributed by atoms with Crippen LogP contribution >= 0.6 is 0 Å². The number of amides is 1. The van der Waals surface area contributed by atoms with Crippen LogP contribution < -0.4 is 5.32 Å². The highest BCUT2D eigenvalue weighted by Gasteiger charge is 2.15. The van der Waals surface area contributed by atoms with Crippen LogP contribution in [0, 0.1) is 5.92 Å². The maximum absolute atomic E-state index is 11.4. The molecule has 3 heteroatoms. The standard InChI is InChI=1S/C14H21NO2/c1-10(2)13(16)15-9-11-5-7-12(8-6-11)14(3,4)17/h5-8,10,17H,9H2,1-4H3,(H,15,16). The highest BCUT2D eigenvalue weighted by molar-refractivity contribution is 5.77. The van der Waals surface area contributed by atoms with Gasteiger partial charge in [-0.1, -0.05) is 38.1 Å². The van der Waals surface area contributed by atoms with E-state index in [0.717, 1.165) is 11.1 Å². The number of hydrogen-bond acceptors (Lipinski definition) is 2. The summed E-state index contributed by atoms with van der Waals surface area (Å²) in [5, 5.41) is 12.7. The van der Waals surface area contributed by atoms with E-state index in [-0.39, 0.29) is 11.8 Å². The van der Waals surface area contributed by atoms with Gasteiger partial charge in [0.15, 0.2) is 0 Å². The molecule has 0 atom stereocenters. The van der Waals surface area contributed by atoms with Crippen molar-refractivity contribution in [1.82, 2.24) is 5.32 Å². The van der Waals surface area contributed by atoms with Gasteiger partial charge in [-0.3, -0.25) is 4.79 Å². The SMILES string of the molecule is CC(C)C(=O)NCc1ccc(C(C)(C)O)cc1. The Hall–Kier alpha value is -1.35. The van der Waals surface area contributed by atoms with Crippen LogP contribution in [0.3, 0.4) is 0 Å². The Kier molecular flexibility index (Phi) is 4.29. The van der Waals surface area contributed by atoms with Crippen molar-refractivity contribution in [2.75, 3.05) is 0 Å². The number of hydrogen-bond donors (Lipinski definition) is 2. The molecule has 0 heterocycles. The first kappa shape index (κ1) is 13.7. The van der Waals surface area contributed by atoms with E-state index in [9.17, 15) is 9.90 Å². The van der Waals surface area contributed by atoms with E-state index in [1.165, 1.54) is 0 Å². The van der Waals surface area contributed by atoms with E-state index in [4.69, 9.17) is 0 Å². The second kappa shape index (κ2) is 5.32. The van der Waals surface area contributed by atoms with Crippen LogP contribution in [-0.2, 0) is 16.9 Å². The minimum atomic E-state index is -0.820. The largest absolute Gasteiger partial charge is 0.386 e. The Morgan fingerprint density at radius 3 is 2.24 bits per heavy atom. The van der Waals surface area contributed by atoms with Gasteiger partial charge in [-0.2, -0.15) is 0 Å². The molecule has 17 heavy (non-hydrogen) atoms. The summed E-state index contributed by atoms with van der Waals surface area (Å²) in [6, 6.07) is 7.62. The Labute approximate surface area is 103 Å². The molecule has 0 bridgehead atoms. The summed E-state index contributed by atoms with van der Waals surface area (Å²) >= 11 is 0. The Morgan fingerprint density at radius 1 is 1.29 bits per heavy atom. The van der Waals surface area contributed by atoms with Crippen LogP contribution in [-0.4, -0.2) is 11.0 Å². The quantitative estimate of drug-likeness (QED) is 0.840. The van der Waals surface area contributed by atoms with Crippen molar-refractivity contribution in [1.29, 1.82) is 0 Å². The molecule has 0 aliphatic carbocycles. The van der Waals surface area contributed by atoms with Crippen molar-refractivity contribution in [2.45, 2.75) is 39.8 Å². The van der Waals surface area contributed by atoms with Crippen molar-refractivity contribution >= 4 is 5.91 Å². The maximum atomic E-state index is 11.4. The zero-order chi connectivity index (χ0) is 13.1. The Morgan fingerprint density at radius 2 is 1.82 bits per heavy atom. The average molecular weight is 235 g/mol. The van der Waals surface area contributed by atoms with Crippen molar-refractivity contribution < 1.29 is 9.90 Å². The van der Waals surface area contributed by atoms with Crippen molar-refractivity contribution in [3.8, 4) is 0 Å². The fourth-order valence-corrected chi connectivity index (χ4v) is 1.42. The second-order valence-electron chi connectivity index (χ2n) is 5.13. The molecule has 0 aliphatic rings. The molecule has 2 N–H and O–H groups in total. The minimum absolute atomic E-state index is 0.00523. The predicted octanol–water partition coefficient (Wildman–Crippen LogP) is 2.19. The number of carbonyl (C=O) groups is 1. The Bertz CT molecular complexity index is 374. The first-order valence-corrected chi connectivity index (χ1v) is 5.90. The molecule has 1 aromatic carbocycles. The summed E-state index contributed by atoms with van der Waals surface area (Å²) in [5.41, 5.74) is 1.09. The lowest BCUT2D eigenvalue weighted by molar-refractivity contribution is -0.124. The predicted molar refractivity (Wildman–Crippen MR) is 68.4 cm³/mol. The van der Waals surface area contributed by atoms with Crippen LogP contribution in [0.15, 0.2) is 24.3 Å². The number of rotatable bonds is 4. The molecular weight excluding hydrogens is 214 g/mol. The summed E-state index contributed by atoms with van der Waals surface area (Å²) in [5.74, 6) is 0.0576. The second-order valence-corrected chi connectivity index (χ2v) is 5.13. The summed E-state index contributed by atoms with van der Waals surface area (Å²) < 4.78 is 0. The van der Waals surface area contributed by atoms with Crippen molar-refractivity contribution in [2.24, 2.45) is 5.92 Å². The van der Waals surface area contributed by atoms with Gasteiger partial charge in [0.2, 0.25) is 5.91 Å². The summed E-state index contributed by atoms with van der Waals surface area (Å²) in [6.45, 7) is 7.77. The number of nitrogens with one attached hydrogen (secondary N) is 1. The molecule has 0 unspecified atom stereocenters. The lowest BCUT2D eigenvalue weighted by atomic mass is 9.97. The fraction of sp³-hybridized carbons (Fsp3) is 0.500. The van der Waals surface area contributed by atoms with Gasteiger partial charge in [0, 0.05) is 12.5 Å². The smallest absolute Gasteiger partial charge is 0.222 e. The van der Waals surface area contributed by atoms with Crippen LogP contribution in [0.2, 0.25) is 0 Å². The number of benzene rings is 1. The third-order valence-electron chi connectivity index (χ3n) is 2.65. The molecule has 0 spiro atoms. The van der Waals surface area contributed by atoms with Gasteiger partial charge in [0.1, 0.15) is 0 Å². The summed E-state index contributed by atoms with van der Waals surface area (Å²) in [6.07, 6.45) is 0. The molecule has 94 valence electrons. The van der Waals surface area contributed by atoms with E-state index in [0.29, 0.717) is 6.54 Å². The van der Waals surface area contributed by atoms with Gasteiger partial charge in [-0.25, -0.2) is 0 Å². The van der Waals surface area contributed by atoms with Gasteiger partial charge in [-0.05, 0) is 25.0 Å². The molecule has 1 aromatic rings. The number of carbonyl (C=O) groups excluding carboxylic acids is 1. The van der Waals surface area contributed by atoms with E-state index < -0.39 is 5.60 Å². The first-order valence-electron chi connectivity index (χ1n) is 5.90. The van der Waals surface area contributed by atoms with Crippen LogP contribution in [0.4, 0.5) is 0 Å². The molecule has 0 aliphatic heterocycles. The van der Waals surface area contributed by atoms with Gasteiger partial charge in [-0.15, -0.1) is 0 Å². The molecule has 1 rings (SSSR count). The molecule has 0 radical (unpaired) electrons. The highest BCUT2D eigenvalue weighted by atomic mass is 16.3. The zero-order valence-corrected chi connectivity index (χ0v) is 10.9. The van der Waals surface area contributed by atoms with E-state index >= 15 is 0 Å². The monoisotopic (exact) mass is 235 g/mol. The fourth-order valence-electron chi connectivity index (χ4n) is 1.42. The third-order valence-corrected chi connectivity index (χ3v) is 2.65. The lowest BCUT2D eigenvalue weighted by Crippen LogP contribution is -2.27. The van der Waals surface area contributed by atoms with Crippen LogP contribution in [0.1, 0.15) is 38.8 Å². The summed E-state index contributed by atoms with van der Waals surface area (Å²) in [4.78, 5) is 11.4. The van der Waals surface area contributed by atoms with Gasteiger partial charge < -0.3 is 10.4 Å². The molecule has 1 amide bonds. The third kappa shape index (κ3) is 4.19. The average Bonchev–Trinajstić information content (AvgIpc) is 2.25. The van der Waals surface area contributed by atoms with E-state index in [2.05, 4.69) is 5.32 Å². The molecule has 0 saturated carbocycles. The summed E-state index contributed by atoms with van der Waals surface area (Å²) in [7, 11) is 0. The maximum Gasteiger partial charge on any atom is 0.222 e.